The summed E-state index contributed by atoms with van der Waals surface area (Å²) in [5.41, 5.74) is 1.46. The molecule has 0 saturated heterocycles. The standard InChI is InChI=1S/C15H11ClN6O3/c16-10-1-17-15-20-13(5-22(15)2-10)14(23)21(3-11-6-24-8-18-11)4-12-7-25-9-19-12/h1-2,5-9H,3-4H2. The molecular weight excluding hydrogens is 348 g/mol. The molecule has 10 heteroatoms. The number of amides is 1. The van der Waals surface area contributed by atoms with Crippen molar-refractivity contribution in [2.45, 2.75) is 13.1 Å². The van der Waals surface area contributed by atoms with Crippen molar-refractivity contribution < 1.29 is 13.6 Å². The maximum absolute atomic E-state index is 12.9. The number of rotatable bonds is 5. The van der Waals surface area contributed by atoms with Crippen LogP contribution in [-0.4, -0.2) is 35.1 Å². The summed E-state index contributed by atoms with van der Waals surface area (Å²) < 4.78 is 11.5. The Hall–Kier alpha value is -3.20. The minimum Gasteiger partial charge on any atom is -0.451 e. The first-order chi connectivity index (χ1) is 12.2. The highest BCUT2D eigenvalue weighted by Gasteiger charge is 2.21. The number of aromatic nitrogens is 5. The van der Waals surface area contributed by atoms with E-state index in [2.05, 4.69) is 19.9 Å². The zero-order valence-electron chi connectivity index (χ0n) is 12.7. The summed E-state index contributed by atoms with van der Waals surface area (Å²) in [7, 11) is 0. The third-order valence-electron chi connectivity index (χ3n) is 3.46. The Kier molecular flexibility index (Phi) is 3.90. The van der Waals surface area contributed by atoms with E-state index in [-0.39, 0.29) is 24.7 Å². The van der Waals surface area contributed by atoms with E-state index < -0.39 is 0 Å². The van der Waals surface area contributed by atoms with Gasteiger partial charge in [0.15, 0.2) is 12.8 Å². The first kappa shape index (κ1) is 15.3. The molecule has 0 N–H and O–H groups in total. The van der Waals surface area contributed by atoms with Crippen molar-refractivity contribution in [1.29, 1.82) is 0 Å². The molecule has 0 atom stereocenters. The van der Waals surface area contributed by atoms with E-state index in [4.69, 9.17) is 20.4 Å². The highest BCUT2D eigenvalue weighted by Crippen LogP contribution is 2.14. The van der Waals surface area contributed by atoms with Gasteiger partial charge in [0.05, 0.1) is 35.7 Å². The van der Waals surface area contributed by atoms with Gasteiger partial charge in [0.1, 0.15) is 18.2 Å². The highest BCUT2D eigenvalue weighted by molar-refractivity contribution is 6.30. The molecule has 0 saturated carbocycles. The minimum absolute atomic E-state index is 0.238. The quantitative estimate of drug-likeness (QED) is 0.538. The Morgan fingerprint density at radius 2 is 1.76 bits per heavy atom. The summed E-state index contributed by atoms with van der Waals surface area (Å²) in [5, 5.41) is 0.450. The number of hydrogen-bond acceptors (Lipinski definition) is 7. The molecule has 126 valence electrons. The van der Waals surface area contributed by atoms with Crippen molar-refractivity contribution in [1.82, 2.24) is 29.2 Å². The lowest BCUT2D eigenvalue weighted by Gasteiger charge is -2.19. The smallest absolute Gasteiger partial charge is 0.274 e. The molecule has 0 aromatic carbocycles. The predicted octanol–water partition coefficient (Wildman–Crippen LogP) is 2.20. The fourth-order valence-corrected chi connectivity index (χ4v) is 2.50. The van der Waals surface area contributed by atoms with E-state index in [1.807, 2.05) is 0 Å². The highest BCUT2D eigenvalue weighted by atomic mass is 35.5. The van der Waals surface area contributed by atoms with Crippen LogP contribution in [-0.2, 0) is 13.1 Å². The predicted molar refractivity (Wildman–Crippen MR) is 84.6 cm³/mol. The van der Waals surface area contributed by atoms with E-state index in [1.54, 1.807) is 21.7 Å². The van der Waals surface area contributed by atoms with Crippen LogP contribution in [0.3, 0.4) is 0 Å². The third-order valence-corrected chi connectivity index (χ3v) is 3.65. The van der Waals surface area contributed by atoms with Gasteiger partial charge in [-0.15, -0.1) is 0 Å². The lowest BCUT2D eigenvalue weighted by atomic mass is 10.3. The minimum atomic E-state index is -0.298. The first-order valence-corrected chi connectivity index (χ1v) is 7.60. The maximum atomic E-state index is 12.9. The van der Waals surface area contributed by atoms with Gasteiger partial charge in [-0.25, -0.2) is 19.9 Å². The summed E-state index contributed by atoms with van der Waals surface area (Å²) in [6, 6.07) is 0. The van der Waals surface area contributed by atoms with Gasteiger partial charge < -0.3 is 13.7 Å². The second-order valence-electron chi connectivity index (χ2n) is 5.23. The van der Waals surface area contributed by atoms with Crippen LogP contribution in [0, 0.1) is 0 Å². The van der Waals surface area contributed by atoms with Crippen molar-refractivity contribution in [2.75, 3.05) is 0 Å². The van der Waals surface area contributed by atoms with Crippen LogP contribution < -0.4 is 0 Å². The van der Waals surface area contributed by atoms with Gasteiger partial charge in [-0.2, -0.15) is 0 Å². The fourth-order valence-electron chi connectivity index (χ4n) is 2.35. The molecule has 4 aromatic heterocycles. The fraction of sp³-hybridized carbons (Fsp3) is 0.133. The summed E-state index contributed by atoms with van der Waals surface area (Å²) >= 11 is 5.92. The van der Waals surface area contributed by atoms with Gasteiger partial charge in [0.2, 0.25) is 5.78 Å². The molecule has 0 bridgehead atoms. The molecule has 25 heavy (non-hydrogen) atoms. The third kappa shape index (κ3) is 3.22. The largest absolute Gasteiger partial charge is 0.451 e. The second kappa shape index (κ2) is 6.36. The van der Waals surface area contributed by atoms with E-state index in [9.17, 15) is 4.79 Å². The summed E-state index contributed by atoms with van der Waals surface area (Å²) in [5.74, 6) is 0.0863. The number of carbonyl (C=O) groups excluding carboxylic acids is 1. The Bertz CT molecular complexity index is 960. The summed E-state index contributed by atoms with van der Waals surface area (Å²) in [6.45, 7) is 0.481. The second-order valence-corrected chi connectivity index (χ2v) is 5.66. The number of hydrogen-bond donors (Lipinski definition) is 0. The Morgan fingerprint density at radius 3 is 2.36 bits per heavy atom. The van der Waals surface area contributed by atoms with Crippen molar-refractivity contribution in [3.05, 3.63) is 66.0 Å². The average Bonchev–Trinajstić information content (AvgIpc) is 3.34. The van der Waals surface area contributed by atoms with Crippen molar-refractivity contribution in [2.24, 2.45) is 0 Å². The molecule has 0 fully saturated rings. The lowest BCUT2D eigenvalue weighted by molar-refractivity contribution is 0.0720. The van der Waals surface area contributed by atoms with Crippen LogP contribution in [0.4, 0.5) is 0 Å². The van der Waals surface area contributed by atoms with E-state index >= 15 is 0 Å². The van der Waals surface area contributed by atoms with Crippen molar-refractivity contribution in [3.63, 3.8) is 0 Å². The van der Waals surface area contributed by atoms with Crippen molar-refractivity contribution in [3.8, 4) is 0 Å². The molecule has 9 nitrogen and oxygen atoms in total. The Labute approximate surface area is 145 Å². The molecule has 0 aliphatic rings. The zero-order chi connectivity index (χ0) is 17.2. The zero-order valence-corrected chi connectivity index (χ0v) is 13.5. The van der Waals surface area contributed by atoms with Crippen LogP contribution in [0.2, 0.25) is 5.02 Å². The normalized spacial score (nSPS) is 11.1. The number of imidazole rings is 1. The van der Waals surface area contributed by atoms with Crippen LogP contribution >= 0.6 is 11.6 Å². The van der Waals surface area contributed by atoms with Crippen LogP contribution in [0.25, 0.3) is 5.78 Å². The molecule has 0 aliphatic carbocycles. The lowest BCUT2D eigenvalue weighted by Crippen LogP contribution is -2.30. The molecule has 0 unspecified atom stereocenters. The molecule has 4 aromatic rings. The molecule has 4 heterocycles. The van der Waals surface area contributed by atoms with Gasteiger partial charge in [-0.3, -0.25) is 9.20 Å². The van der Waals surface area contributed by atoms with Crippen LogP contribution in [0.1, 0.15) is 21.9 Å². The SMILES string of the molecule is O=C(c1cn2cc(Cl)cnc2n1)N(Cc1cocn1)Cc1cocn1. The van der Waals surface area contributed by atoms with Gasteiger partial charge in [0.25, 0.3) is 5.91 Å². The van der Waals surface area contributed by atoms with E-state index in [0.29, 0.717) is 22.2 Å². The van der Waals surface area contributed by atoms with Crippen molar-refractivity contribution >= 4 is 23.3 Å². The number of nitrogens with zero attached hydrogens (tertiary/aromatic N) is 6. The molecule has 0 radical (unpaired) electrons. The van der Waals surface area contributed by atoms with Gasteiger partial charge in [-0.05, 0) is 0 Å². The average molecular weight is 359 g/mol. The first-order valence-electron chi connectivity index (χ1n) is 7.23. The van der Waals surface area contributed by atoms with Gasteiger partial charge in [0, 0.05) is 12.4 Å². The number of carbonyl (C=O) groups is 1. The molecular formula is C15H11ClN6O3. The topological polar surface area (TPSA) is 103 Å². The summed E-state index contributed by atoms with van der Waals surface area (Å²) in [6.07, 6.45) is 10.3. The molecule has 1 amide bonds. The van der Waals surface area contributed by atoms with E-state index in [0.717, 1.165) is 0 Å². The molecule has 4 rings (SSSR count). The maximum Gasteiger partial charge on any atom is 0.274 e. The number of oxazole rings is 2. The molecule has 0 aliphatic heterocycles. The van der Waals surface area contributed by atoms with Gasteiger partial charge >= 0.3 is 0 Å². The Morgan fingerprint density at radius 1 is 1.08 bits per heavy atom. The molecule has 0 spiro atoms. The number of fused-ring (bicyclic) bond motifs is 1. The summed E-state index contributed by atoms with van der Waals surface area (Å²) in [4.78, 5) is 30.9. The van der Waals surface area contributed by atoms with Gasteiger partial charge in [-0.1, -0.05) is 11.6 Å². The monoisotopic (exact) mass is 358 g/mol. The Balaban J connectivity index is 1.65. The van der Waals surface area contributed by atoms with Crippen LogP contribution in [0.15, 0.2) is 52.7 Å². The van der Waals surface area contributed by atoms with E-state index in [1.165, 1.54) is 31.5 Å². The number of halogens is 1. The van der Waals surface area contributed by atoms with Crippen LogP contribution in [0.5, 0.6) is 0 Å².